The number of carbonyl (C=O) groups is 1. The van der Waals surface area contributed by atoms with Crippen molar-refractivity contribution in [3.63, 3.8) is 0 Å². The zero-order chi connectivity index (χ0) is 16.3. The summed E-state index contributed by atoms with van der Waals surface area (Å²) in [6, 6.07) is 4.72. The zero-order valence-corrected chi connectivity index (χ0v) is 13.8. The first-order chi connectivity index (χ1) is 10.4. The van der Waals surface area contributed by atoms with Crippen molar-refractivity contribution in [3.05, 3.63) is 34.6 Å². The standard InChI is InChI=1S/C17H23ClFNO2/c1-11-5-3-8-16(12(11)2)20(10-17(21)22)9-13-14(18)6-4-7-15(13)19/h4,6-7,11-12,16H,3,5,8-10H2,1-2H3,(H,21,22). The van der Waals surface area contributed by atoms with Gasteiger partial charge in [0, 0.05) is 23.2 Å². The molecule has 2 rings (SSSR count). The number of aliphatic carboxylic acids is 1. The molecule has 0 aliphatic heterocycles. The number of hydrogen-bond acceptors (Lipinski definition) is 2. The Bertz CT molecular complexity index is 517. The van der Waals surface area contributed by atoms with Crippen molar-refractivity contribution in [2.24, 2.45) is 11.8 Å². The molecule has 122 valence electrons. The minimum atomic E-state index is -0.891. The van der Waals surface area contributed by atoms with Crippen LogP contribution in [0.5, 0.6) is 0 Å². The fraction of sp³-hybridized carbons (Fsp3) is 0.588. The van der Waals surface area contributed by atoms with Crippen LogP contribution in [0.25, 0.3) is 0 Å². The highest BCUT2D eigenvalue weighted by Crippen LogP contribution is 2.34. The summed E-state index contributed by atoms with van der Waals surface area (Å²) < 4.78 is 14.0. The van der Waals surface area contributed by atoms with E-state index in [0.29, 0.717) is 22.4 Å². The second kappa shape index (κ2) is 7.42. The fourth-order valence-corrected chi connectivity index (χ4v) is 3.64. The molecule has 3 nitrogen and oxygen atoms in total. The molecule has 0 bridgehead atoms. The molecule has 1 saturated carbocycles. The number of benzene rings is 1. The van der Waals surface area contributed by atoms with Gasteiger partial charge < -0.3 is 5.11 Å². The molecule has 0 spiro atoms. The summed E-state index contributed by atoms with van der Waals surface area (Å²) in [5.74, 6) is -0.331. The van der Waals surface area contributed by atoms with Gasteiger partial charge >= 0.3 is 5.97 Å². The van der Waals surface area contributed by atoms with Gasteiger partial charge in [-0.2, -0.15) is 0 Å². The van der Waals surface area contributed by atoms with Gasteiger partial charge in [-0.05, 0) is 30.4 Å². The van der Waals surface area contributed by atoms with Gasteiger partial charge in [0.1, 0.15) is 5.82 Å². The van der Waals surface area contributed by atoms with E-state index in [1.165, 1.54) is 12.5 Å². The van der Waals surface area contributed by atoms with Crippen molar-refractivity contribution in [3.8, 4) is 0 Å². The van der Waals surface area contributed by atoms with E-state index in [1.807, 2.05) is 4.90 Å². The molecule has 0 radical (unpaired) electrons. The molecule has 0 aromatic heterocycles. The molecule has 0 heterocycles. The molecule has 3 atom stereocenters. The maximum atomic E-state index is 14.0. The Balaban J connectivity index is 2.24. The van der Waals surface area contributed by atoms with E-state index < -0.39 is 5.97 Å². The van der Waals surface area contributed by atoms with E-state index in [4.69, 9.17) is 11.6 Å². The lowest BCUT2D eigenvalue weighted by atomic mass is 9.77. The van der Waals surface area contributed by atoms with E-state index in [9.17, 15) is 14.3 Å². The van der Waals surface area contributed by atoms with Crippen molar-refractivity contribution in [2.75, 3.05) is 6.54 Å². The second-order valence-electron chi connectivity index (χ2n) is 6.33. The second-order valence-corrected chi connectivity index (χ2v) is 6.74. The van der Waals surface area contributed by atoms with Crippen LogP contribution < -0.4 is 0 Å². The molecule has 0 saturated heterocycles. The SMILES string of the molecule is CC1CCCC(N(CC(=O)O)Cc2c(F)cccc2Cl)C1C. The topological polar surface area (TPSA) is 40.5 Å². The van der Waals surface area contributed by atoms with Crippen LogP contribution in [0.15, 0.2) is 18.2 Å². The van der Waals surface area contributed by atoms with E-state index in [2.05, 4.69) is 13.8 Å². The predicted octanol–water partition coefficient (Wildman–Crippen LogP) is 4.19. The number of rotatable bonds is 5. The lowest BCUT2D eigenvalue weighted by molar-refractivity contribution is -0.139. The predicted molar refractivity (Wildman–Crippen MR) is 85.4 cm³/mol. The quantitative estimate of drug-likeness (QED) is 0.881. The monoisotopic (exact) mass is 327 g/mol. The summed E-state index contributed by atoms with van der Waals surface area (Å²) in [5, 5.41) is 9.57. The van der Waals surface area contributed by atoms with E-state index in [0.717, 1.165) is 12.8 Å². The molecule has 22 heavy (non-hydrogen) atoms. The third-order valence-corrected chi connectivity index (χ3v) is 5.25. The summed E-state index contributed by atoms with van der Waals surface area (Å²) in [5.41, 5.74) is 0.385. The van der Waals surface area contributed by atoms with Crippen LogP contribution in [0, 0.1) is 17.7 Å². The molecular formula is C17H23ClFNO2. The Labute approximate surface area is 136 Å². The van der Waals surface area contributed by atoms with Gasteiger partial charge in [0.05, 0.1) is 6.54 Å². The normalized spacial score (nSPS) is 25.4. The minimum Gasteiger partial charge on any atom is -0.480 e. The van der Waals surface area contributed by atoms with Gasteiger partial charge in [0.2, 0.25) is 0 Å². The van der Waals surface area contributed by atoms with E-state index in [-0.39, 0.29) is 24.9 Å². The molecule has 0 amide bonds. The molecule has 1 aliphatic rings. The Morgan fingerprint density at radius 3 is 2.77 bits per heavy atom. The molecule has 1 N–H and O–H groups in total. The van der Waals surface area contributed by atoms with Crippen molar-refractivity contribution < 1.29 is 14.3 Å². The average molecular weight is 328 g/mol. The smallest absolute Gasteiger partial charge is 0.317 e. The van der Waals surface area contributed by atoms with Crippen LogP contribution in [0.3, 0.4) is 0 Å². The van der Waals surface area contributed by atoms with Gasteiger partial charge in [-0.3, -0.25) is 9.69 Å². The van der Waals surface area contributed by atoms with Crippen LogP contribution in [-0.4, -0.2) is 28.6 Å². The number of hydrogen-bond donors (Lipinski definition) is 1. The van der Waals surface area contributed by atoms with Crippen molar-refractivity contribution >= 4 is 17.6 Å². The highest BCUT2D eigenvalue weighted by molar-refractivity contribution is 6.31. The van der Waals surface area contributed by atoms with E-state index >= 15 is 0 Å². The lowest BCUT2D eigenvalue weighted by Crippen LogP contribution is -2.46. The maximum Gasteiger partial charge on any atom is 0.317 e. The largest absolute Gasteiger partial charge is 0.480 e. The number of carboxylic acid groups (broad SMARTS) is 1. The third kappa shape index (κ3) is 3.99. The number of halogens is 2. The van der Waals surface area contributed by atoms with Gasteiger partial charge in [0.25, 0.3) is 0 Å². The van der Waals surface area contributed by atoms with Gasteiger partial charge in [-0.15, -0.1) is 0 Å². The molecule has 3 unspecified atom stereocenters. The maximum absolute atomic E-state index is 14.0. The summed E-state index contributed by atoms with van der Waals surface area (Å²) >= 11 is 6.10. The van der Waals surface area contributed by atoms with Gasteiger partial charge in [-0.25, -0.2) is 4.39 Å². The number of carboxylic acids is 1. The molecule has 1 aromatic carbocycles. The highest BCUT2D eigenvalue weighted by Gasteiger charge is 2.33. The summed E-state index contributed by atoms with van der Waals surface area (Å²) in [7, 11) is 0. The lowest BCUT2D eigenvalue weighted by Gasteiger charge is -2.41. The molecule has 1 aliphatic carbocycles. The van der Waals surface area contributed by atoms with Gasteiger partial charge in [-0.1, -0.05) is 44.4 Å². The van der Waals surface area contributed by atoms with Crippen LogP contribution in [-0.2, 0) is 11.3 Å². The molecular weight excluding hydrogens is 305 g/mol. The summed E-state index contributed by atoms with van der Waals surface area (Å²) in [6.07, 6.45) is 3.20. The number of nitrogens with zero attached hydrogens (tertiary/aromatic N) is 1. The third-order valence-electron chi connectivity index (χ3n) is 4.89. The Morgan fingerprint density at radius 1 is 1.41 bits per heavy atom. The van der Waals surface area contributed by atoms with Crippen LogP contribution in [0.4, 0.5) is 4.39 Å². The Morgan fingerprint density at radius 2 is 2.14 bits per heavy atom. The molecule has 5 heteroatoms. The highest BCUT2D eigenvalue weighted by atomic mass is 35.5. The first kappa shape index (κ1) is 17.2. The van der Waals surface area contributed by atoms with Gasteiger partial charge in [0.15, 0.2) is 0 Å². The minimum absolute atomic E-state index is 0.0909. The van der Waals surface area contributed by atoms with Crippen molar-refractivity contribution in [1.29, 1.82) is 0 Å². The molecule has 1 fully saturated rings. The first-order valence-corrected chi connectivity index (χ1v) is 8.16. The average Bonchev–Trinajstić information content (AvgIpc) is 2.44. The van der Waals surface area contributed by atoms with E-state index in [1.54, 1.807) is 12.1 Å². The van der Waals surface area contributed by atoms with Crippen molar-refractivity contribution in [1.82, 2.24) is 4.90 Å². The fourth-order valence-electron chi connectivity index (χ4n) is 3.42. The van der Waals surface area contributed by atoms with Crippen LogP contribution >= 0.6 is 11.6 Å². The molecule has 1 aromatic rings. The van der Waals surface area contributed by atoms with Crippen LogP contribution in [0.2, 0.25) is 5.02 Å². The van der Waals surface area contributed by atoms with Crippen LogP contribution in [0.1, 0.15) is 38.7 Å². The first-order valence-electron chi connectivity index (χ1n) is 7.79. The zero-order valence-electron chi connectivity index (χ0n) is 13.1. The van der Waals surface area contributed by atoms with Crippen molar-refractivity contribution in [2.45, 2.75) is 45.7 Å². The Kier molecular flexibility index (Phi) is 5.81. The summed E-state index contributed by atoms with van der Waals surface area (Å²) in [6.45, 7) is 4.50. The summed E-state index contributed by atoms with van der Waals surface area (Å²) in [4.78, 5) is 13.1. The Hall–Kier alpha value is -1.13.